The van der Waals surface area contributed by atoms with Gasteiger partial charge in [-0.15, -0.1) is 0 Å². The van der Waals surface area contributed by atoms with Gasteiger partial charge in [-0.05, 0) is 18.6 Å². The Morgan fingerprint density at radius 3 is 1.73 bits per heavy atom. The van der Waals surface area contributed by atoms with Gasteiger partial charge in [0.15, 0.2) is 7.14 Å². The highest BCUT2D eigenvalue weighted by Crippen LogP contribution is 2.43. The monoisotopic (exact) mass is 310 g/mol. The largest absolute Gasteiger partial charge is 0.309 e. The SMILES string of the molecule is Cc1c(F)cccc1P(=O)(c1ccccc1)c1ccccc1. The molecule has 110 valence electrons. The summed E-state index contributed by atoms with van der Waals surface area (Å²) in [5, 5.41) is 2.00. The molecule has 0 atom stereocenters. The van der Waals surface area contributed by atoms with Gasteiger partial charge in [0, 0.05) is 15.9 Å². The first-order chi connectivity index (χ1) is 10.6. The van der Waals surface area contributed by atoms with Gasteiger partial charge in [-0.25, -0.2) is 4.39 Å². The highest BCUT2D eigenvalue weighted by Gasteiger charge is 2.31. The minimum absolute atomic E-state index is 0.329. The standard InChI is InChI=1S/C19H16FOP/c1-15-18(20)13-8-14-19(15)22(21,16-9-4-2-5-10-16)17-11-6-3-7-12-17/h2-14H,1H3. The number of halogens is 1. The van der Waals surface area contributed by atoms with Crippen LogP contribution in [0.2, 0.25) is 0 Å². The molecule has 0 fully saturated rings. The third kappa shape index (κ3) is 2.40. The summed E-state index contributed by atoms with van der Waals surface area (Å²) in [5.74, 6) is -0.329. The van der Waals surface area contributed by atoms with E-state index in [1.165, 1.54) is 6.07 Å². The molecule has 0 aromatic heterocycles. The van der Waals surface area contributed by atoms with Gasteiger partial charge >= 0.3 is 0 Å². The first-order valence-corrected chi connectivity index (χ1v) is 8.81. The fraction of sp³-hybridized carbons (Fsp3) is 0.0526. The van der Waals surface area contributed by atoms with E-state index in [2.05, 4.69) is 0 Å². The number of hydrogen-bond acceptors (Lipinski definition) is 1. The average Bonchev–Trinajstić information content (AvgIpc) is 2.58. The van der Waals surface area contributed by atoms with Crippen LogP contribution >= 0.6 is 7.14 Å². The molecule has 0 amide bonds. The van der Waals surface area contributed by atoms with Crippen molar-refractivity contribution in [3.05, 3.63) is 90.2 Å². The van der Waals surface area contributed by atoms with E-state index in [0.29, 0.717) is 10.9 Å². The molecular weight excluding hydrogens is 294 g/mol. The van der Waals surface area contributed by atoms with E-state index in [9.17, 15) is 8.96 Å². The van der Waals surface area contributed by atoms with Gasteiger partial charge in [0.2, 0.25) is 0 Å². The van der Waals surface area contributed by atoms with Crippen LogP contribution in [-0.2, 0) is 4.57 Å². The molecular formula is C19H16FOP. The zero-order valence-corrected chi connectivity index (χ0v) is 13.1. The highest BCUT2D eigenvalue weighted by atomic mass is 31.2. The summed E-state index contributed by atoms with van der Waals surface area (Å²) >= 11 is 0. The summed E-state index contributed by atoms with van der Waals surface area (Å²) in [4.78, 5) is 0. The van der Waals surface area contributed by atoms with E-state index >= 15 is 0 Å². The van der Waals surface area contributed by atoms with Crippen LogP contribution in [-0.4, -0.2) is 0 Å². The van der Waals surface area contributed by atoms with Crippen molar-refractivity contribution in [2.45, 2.75) is 6.92 Å². The molecule has 0 unspecified atom stereocenters. The highest BCUT2D eigenvalue weighted by molar-refractivity contribution is 7.85. The van der Waals surface area contributed by atoms with Crippen LogP contribution in [0, 0.1) is 12.7 Å². The number of benzene rings is 3. The van der Waals surface area contributed by atoms with Gasteiger partial charge in [0.1, 0.15) is 5.82 Å². The van der Waals surface area contributed by atoms with Gasteiger partial charge in [-0.3, -0.25) is 0 Å². The molecule has 0 radical (unpaired) electrons. The summed E-state index contributed by atoms with van der Waals surface area (Å²) in [6.45, 7) is 1.68. The lowest BCUT2D eigenvalue weighted by Gasteiger charge is -2.21. The molecule has 1 nitrogen and oxygen atoms in total. The van der Waals surface area contributed by atoms with Crippen molar-refractivity contribution in [2.24, 2.45) is 0 Å². The van der Waals surface area contributed by atoms with Crippen LogP contribution < -0.4 is 15.9 Å². The molecule has 0 aliphatic rings. The number of hydrogen-bond donors (Lipinski definition) is 0. The van der Waals surface area contributed by atoms with Crippen molar-refractivity contribution in [1.29, 1.82) is 0 Å². The molecule has 3 rings (SSSR count). The van der Waals surface area contributed by atoms with Crippen molar-refractivity contribution in [1.82, 2.24) is 0 Å². The van der Waals surface area contributed by atoms with Crippen molar-refractivity contribution in [2.75, 3.05) is 0 Å². The van der Waals surface area contributed by atoms with Crippen molar-refractivity contribution < 1.29 is 8.96 Å². The minimum Gasteiger partial charge on any atom is -0.309 e. The molecule has 0 aliphatic carbocycles. The second-order valence-electron chi connectivity index (χ2n) is 5.16. The summed E-state index contributed by atoms with van der Waals surface area (Å²) in [7, 11) is -3.08. The first-order valence-electron chi connectivity index (χ1n) is 7.11. The Balaban J connectivity index is 2.34. The Morgan fingerprint density at radius 1 is 0.727 bits per heavy atom. The molecule has 22 heavy (non-hydrogen) atoms. The summed E-state index contributed by atoms with van der Waals surface area (Å²) in [6, 6.07) is 23.4. The van der Waals surface area contributed by atoms with Gasteiger partial charge in [0.25, 0.3) is 0 Å². The lowest BCUT2D eigenvalue weighted by molar-refractivity contribution is 0.591. The maximum atomic E-state index is 14.0. The van der Waals surface area contributed by atoms with Gasteiger partial charge < -0.3 is 4.57 Å². The van der Waals surface area contributed by atoms with Crippen LogP contribution in [0.3, 0.4) is 0 Å². The van der Waals surface area contributed by atoms with E-state index in [4.69, 9.17) is 0 Å². The fourth-order valence-corrected chi connectivity index (χ4v) is 5.55. The predicted octanol–water partition coefficient (Wildman–Crippen LogP) is 3.77. The Bertz CT molecular complexity index is 785. The molecule has 3 aromatic carbocycles. The van der Waals surface area contributed by atoms with Gasteiger partial charge in [0.05, 0.1) is 0 Å². The third-order valence-corrected chi connectivity index (χ3v) is 7.03. The number of rotatable bonds is 3. The van der Waals surface area contributed by atoms with E-state index in [-0.39, 0.29) is 5.82 Å². The van der Waals surface area contributed by atoms with Crippen molar-refractivity contribution in [3.63, 3.8) is 0 Å². The molecule has 0 N–H and O–H groups in total. The van der Waals surface area contributed by atoms with Crippen LogP contribution in [0.25, 0.3) is 0 Å². The van der Waals surface area contributed by atoms with Gasteiger partial charge in [-0.2, -0.15) is 0 Å². The van der Waals surface area contributed by atoms with E-state index in [1.807, 2.05) is 60.7 Å². The molecule has 0 bridgehead atoms. The second kappa shape index (κ2) is 5.90. The Hall–Kier alpha value is -2.18. The molecule has 0 saturated carbocycles. The quantitative estimate of drug-likeness (QED) is 0.673. The second-order valence-corrected chi connectivity index (χ2v) is 7.90. The molecule has 0 spiro atoms. The van der Waals surface area contributed by atoms with Crippen LogP contribution in [0.5, 0.6) is 0 Å². The summed E-state index contributed by atoms with van der Waals surface area (Å²) < 4.78 is 28.0. The third-order valence-electron chi connectivity index (χ3n) is 3.82. The maximum absolute atomic E-state index is 14.0. The van der Waals surface area contributed by atoms with Crippen molar-refractivity contribution in [3.8, 4) is 0 Å². The molecule has 3 heteroatoms. The van der Waals surface area contributed by atoms with E-state index in [0.717, 1.165) is 10.6 Å². The Morgan fingerprint density at radius 2 is 1.23 bits per heavy atom. The van der Waals surface area contributed by atoms with Crippen LogP contribution in [0.1, 0.15) is 5.56 Å². The Kier molecular flexibility index (Phi) is 3.96. The summed E-state index contributed by atoms with van der Waals surface area (Å²) in [5.41, 5.74) is 0.443. The lowest BCUT2D eigenvalue weighted by Crippen LogP contribution is -2.27. The zero-order chi connectivity index (χ0) is 15.6. The molecule has 3 aromatic rings. The van der Waals surface area contributed by atoms with E-state index < -0.39 is 7.14 Å². The average molecular weight is 310 g/mol. The molecule has 0 saturated heterocycles. The Labute approximate surface area is 129 Å². The minimum atomic E-state index is -3.08. The summed E-state index contributed by atoms with van der Waals surface area (Å²) in [6.07, 6.45) is 0. The first kappa shape index (κ1) is 14.7. The molecule has 0 aliphatic heterocycles. The van der Waals surface area contributed by atoms with Crippen molar-refractivity contribution >= 4 is 23.1 Å². The van der Waals surface area contributed by atoms with Crippen LogP contribution in [0.4, 0.5) is 4.39 Å². The maximum Gasteiger partial charge on any atom is 0.171 e. The predicted molar refractivity (Wildman–Crippen MR) is 90.5 cm³/mol. The zero-order valence-electron chi connectivity index (χ0n) is 12.2. The fourth-order valence-electron chi connectivity index (χ4n) is 2.64. The topological polar surface area (TPSA) is 17.1 Å². The van der Waals surface area contributed by atoms with Gasteiger partial charge in [-0.1, -0.05) is 72.8 Å². The lowest BCUT2D eigenvalue weighted by atomic mass is 10.2. The van der Waals surface area contributed by atoms with Crippen LogP contribution in [0.15, 0.2) is 78.9 Å². The smallest absolute Gasteiger partial charge is 0.171 e. The molecule has 0 heterocycles. The normalized spacial score (nSPS) is 11.4. The van der Waals surface area contributed by atoms with E-state index in [1.54, 1.807) is 19.1 Å².